The summed E-state index contributed by atoms with van der Waals surface area (Å²) in [4.78, 5) is 22.2. The Labute approximate surface area is 106 Å². The fourth-order valence-corrected chi connectivity index (χ4v) is 1.39. The third kappa shape index (κ3) is 4.62. The molecule has 0 spiro atoms. The van der Waals surface area contributed by atoms with E-state index < -0.39 is 0 Å². The highest BCUT2D eigenvalue weighted by Gasteiger charge is 2.04. The summed E-state index contributed by atoms with van der Waals surface area (Å²) >= 11 is 0. The van der Waals surface area contributed by atoms with Crippen LogP contribution in [0.5, 0.6) is 0 Å². The lowest BCUT2D eigenvalue weighted by molar-refractivity contribution is -0.118. The maximum atomic E-state index is 11.5. The van der Waals surface area contributed by atoms with E-state index in [-0.39, 0.29) is 18.1 Å². The molecule has 0 aliphatic carbocycles. The number of ketones is 1. The van der Waals surface area contributed by atoms with E-state index in [4.69, 9.17) is 5.26 Å². The summed E-state index contributed by atoms with van der Waals surface area (Å²) in [5, 5.41) is 11.1. The second-order valence-electron chi connectivity index (χ2n) is 3.72. The van der Waals surface area contributed by atoms with Gasteiger partial charge in [0.15, 0.2) is 5.78 Å². The maximum Gasteiger partial charge on any atom is 0.217 e. The van der Waals surface area contributed by atoms with E-state index >= 15 is 0 Å². The van der Waals surface area contributed by atoms with Crippen molar-refractivity contribution >= 4 is 17.8 Å². The molecule has 4 heteroatoms. The average Bonchev–Trinajstić information content (AvgIpc) is 2.35. The number of nitriles is 1. The van der Waals surface area contributed by atoms with Crippen LogP contribution in [-0.4, -0.2) is 18.2 Å². The van der Waals surface area contributed by atoms with Gasteiger partial charge < -0.3 is 5.32 Å². The first kappa shape index (κ1) is 13.7. The molecular weight excluding hydrogens is 228 g/mol. The van der Waals surface area contributed by atoms with Crippen molar-refractivity contribution in [2.75, 3.05) is 6.54 Å². The van der Waals surface area contributed by atoms with E-state index in [1.165, 1.54) is 6.92 Å². The highest BCUT2D eigenvalue weighted by Crippen LogP contribution is 2.09. The molecule has 1 aromatic rings. The highest BCUT2D eigenvalue weighted by atomic mass is 16.1. The molecule has 0 aliphatic heterocycles. The lowest BCUT2D eigenvalue weighted by atomic mass is 10.1. The van der Waals surface area contributed by atoms with Gasteiger partial charge in [-0.3, -0.25) is 9.59 Å². The van der Waals surface area contributed by atoms with Crippen LogP contribution in [-0.2, 0) is 4.79 Å². The predicted molar refractivity (Wildman–Crippen MR) is 68.7 cm³/mol. The topological polar surface area (TPSA) is 70.0 Å². The normalized spacial score (nSPS) is 10.0. The molecule has 1 amide bonds. The predicted octanol–water partition coefficient (Wildman–Crippen LogP) is 1.93. The zero-order valence-corrected chi connectivity index (χ0v) is 10.1. The maximum absolute atomic E-state index is 11.5. The third-order valence-electron chi connectivity index (χ3n) is 2.23. The van der Waals surface area contributed by atoms with Crippen LogP contribution >= 0.6 is 0 Å². The van der Waals surface area contributed by atoms with E-state index in [1.807, 2.05) is 18.2 Å². The molecule has 0 aliphatic rings. The van der Waals surface area contributed by atoms with Gasteiger partial charge in [0.05, 0.1) is 12.5 Å². The van der Waals surface area contributed by atoms with Crippen LogP contribution in [0.1, 0.15) is 29.3 Å². The fourth-order valence-electron chi connectivity index (χ4n) is 1.39. The van der Waals surface area contributed by atoms with E-state index in [0.717, 1.165) is 5.56 Å². The van der Waals surface area contributed by atoms with Crippen LogP contribution in [0.15, 0.2) is 30.3 Å². The number of carbonyl (C=O) groups is 2. The number of carbonyl (C=O) groups excluding carboxylic acids is 2. The second kappa shape index (κ2) is 7.02. The quantitative estimate of drug-likeness (QED) is 0.802. The van der Waals surface area contributed by atoms with Crippen LogP contribution in [0.25, 0.3) is 6.08 Å². The minimum Gasteiger partial charge on any atom is -0.353 e. The summed E-state index contributed by atoms with van der Waals surface area (Å²) in [5.41, 5.74) is 1.39. The molecular formula is C14H14N2O2. The Bertz CT molecular complexity index is 513. The molecule has 18 heavy (non-hydrogen) atoms. The lowest BCUT2D eigenvalue weighted by Gasteiger charge is -1.99. The molecule has 0 atom stereocenters. The van der Waals surface area contributed by atoms with Crippen molar-refractivity contribution in [2.24, 2.45) is 0 Å². The Morgan fingerprint density at radius 1 is 1.44 bits per heavy atom. The number of nitrogens with one attached hydrogen (secondary N) is 1. The molecule has 0 radical (unpaired) electrons. The molecule has 1 rings (SSSR count). The van der Waals surface area contributed by atoms with Gasteiger partial charge in [0.25, 0.3) is 0 Å². The van der Waals surface area contributed by atoms with Crippen LogP contribution in [0.2, 0.25) is 0 Å². The summed E-state index contributed by atoms with van der Waals surface area (Å²) < 4.78 is 0. The van der Waals surface area contributed by atoms with Crippen molar-refractivity contribution in [3.63, 3.8) is 0 Å². The number of Topliss-reactive ketones (excluding diaryl/α,β-unsaturated/α-hetero) is 1. The zero-order valence-electron chi connectivity index (χ0n) is 10.1. The number of rotatable bonds is 5. The molecule has 0 saturated carbocycles. The molecule has 0 saturated heterocycles. The van der Waals surface area contributed by atoms with Crippen LogP contribution in [0.3, 0.4) is 0 Å². The third-order valence-corrected chi connectivity index (χ3v) is 2.23. The first-order chi connectivity index (χ1) is 8.63. The van der Waals surface area contributed by atoms with Gasteiger partial charge >= 0.3 is 0 Å². The minimum absolute atomic E-state index is 0.0856. The van der Waals surface area contributed by atoms with Gasteiger partial charge in [-0.1, -0.05) is 30.4 Å². The summed E-state index contributed by atoms with van der Waals surface area (Å²) in [5.74, 6) is -0.271. The minimum atomic E-state index is -0.186. The Morgan fingerprint density at radius 3 is 2.89 bits per heavy atom. The highest BCUT2D eigenvalue weighted by molar-refractivity contribution is 5.97. The molecule has 0 heterocycles. The molecule has 0 aromatic heterocycles. The standard InChI is InChI=1S/C14H14N2O2/c1-11(17)16-9-3-5-12-4-2-6-13(10-12)14(18)7-8-15/h2-6,10H,7,9H2,1H3,(H,16,17). The van der Waals surface area contributed by atoms with Crippen molar-refractivity contribution < 1.29 is 9.59 Å². The van der Waals surface area contributed by atoms with Crippen LogP contribution < -0.4 is 5.32 Å². The van der Waals surface area contributed by atoms with Crippen LogP contribution in [0, 0.1) is 11.3 Å². The van der Waals surface area contributed by atoms with Gasteiger partial charge in [-0.2, -0.15) is 5.26 Å². The molecule has 0 fully saturated rings. The monoisotopic (exact) mass is 242 g/mol. The zero-order chi connectivity index (χ0) is 13.4. The van der Waals surface area contributed by atoms with E-state index in [2.05, 4.69) is 5.32 Å². The Morgan fingerprint density at radius 2 is 2.22 bits per heavy atom. The van der Waals surface area contributed by atoms with Gasteiger partial charge in [0.2, 0.25) is 5.91 Å². The summed E-state index contributed by atoms with van der Waals surface area (Å²) in [6, 6.07) is 8.87. The van der Waals surface area contributed by atoms with Gasteiger partial charge in [-0.05, 0) is 11.6 Å². The molecule has 4 nitrogen and oxygen atoms in total. The average molecular weight is 242 g/mol. The molecule has 92 valence electrons. The van der Waals surface area contributed by atoms with Gasteiger partial charge in [0, 0.05) is 19.0 Å². The molecule has 1 N–H and O–H groups in total. The van der Waals surface area contributed by atoms with Crippen molar-refractivity contribution in [1.82, 2.24) is 5.32 Å². The second-order valence-corrected chi connectivity index (χ2v) is 3.72. The van der Waals surface area contributed by atoms with Gasteiger partial charge in [0.1, 0.15) is 0 Å². The SMILES string of the molecule is CC(=O)NCC=Cc1cccc(C(=O)CC#N)c1. The number of hydrogen-bond donors (Lipinski definition) is 1. The van der Waals surface area contributed by atoms with Crippen molar-refractivity contribution in [3.8, 4) is 6.07 Å². The van der Waals surface area contributed by atoms with Crippen molar-refractivity contribution in [2.45, 2.75) is 13.3 Å². The fraction of sp³-hybridized carbons (Fsp3) is 0.214. The van der Waals surface area contributed by atoms with Crippen molar-refractivity contribution in [1.29, 1.82) is 5.26 Å². The Hall–Kier alpha value is -2.41. The smallest absolute Gasteiger partial charge is 0.217 e. The largest absolute Gasteiger partial charge is 0.353 e. The van der Waals surface area contributed by atoms with Crippen LogP contribution in [0.4, 0.5) is 0 Å². The number of hydrogen-bond acceptors (Lipinski definition) is 3. The van der Waals surface area contributed by atoms with Gasteiger partial charge in [-0.15, -0.1) is 0 Å². The molecule has 0 bridgehead atoms. The number of nitrogens with zero attached hydrogens (tertiary/aromatic N) is 1. The Kier molecular flexibility index (Phi) is 5.33. The summed E-state index contributed by atoms with van der Waals surface area (Å²) in [7, 11) is 0. The first-order valence-corrected chi connectivity index (χ1v) is 5.54. The summed E-state index contributed by atoms with van der Waals surface area (Å²) in [6.07, 6.45) is 3.51. The van der Waals surface area contributed by atoms with Crippen molar-refractivity contribution in [3.05, 3.63) is 41.5 Å². The first-order valence-electron chi connectivity index (χ1n) is 5.54. The van der Waals surface area contributed by atoms with Gasteiger partial charge in [-0.25, -0.2) is 0 Å². The van der Waals surface area contributed by atoms with E-state index in [9.17, 15) is 9.59 Å². The number of amides is 1. The molecule has 0 unspecified atom stereocenters. The lowest BCUT2D eigenvalue weighted by Crippen LogP contribution is -2.19. The Balaban J connectivity index is 2.68. The van der Waals surface area contributed by atoms with E-state index in [0.29, 0.717) is 12.1 Å². The van der Waals surface area contributed by atoms with E-state index in [1.54, 1.807) is 24.3 Å². The summed E-state index contributed by atoms with van der Waals surface area (Å²) in [6.45, 7) is 1.90. The molecule has 1 aromatic carbocycles. The number of benzene rings is 1.